The van der Waals surface area contributed by atoms with Crippen molar-refractivity contribution in [2.75, 3.05) is 6.54 Å². The lowest BCUT2D eigenvalue weighted by Gasteiger charge is -2.01. The van der Waals surface area contributed by atoms with Gasteiger partial charge in [0.15, 0.2) is 4.67 Å². The minimum absolute atomic E-state index is 0.311. The third-order valence-corrected chi connectivity index (χ3v) is 1.86. The summed E-state index contributed by atoms with van der Waals surface area (Å²) in [7, 11) is 0. The summed E-state index contributed by atoms with van der Waals surface area (Å²) >= 11 is 3.22. The molecule has 0 aromatic carbocycles. The van der Waals surface area contributed by atoms with E-state index in [9.17, 15) is 0 Å². The number of furan rings is 1. The second-order valence-corrected chi connectivity index (χ2v) is 3.06. The highest BCUT2D eigenvalue weighted by Crippen LogP contribution is 2.20. The molecule has 1 rings (SSSR count). The number of nitrogens with two attached hydrogens (primary N) is 1. The van der Waals surface area contributed by atoms with Gasteiger partial charge in [0.1, 0.15) is 5.76 Å². The summed E-state index contributed by atoms with van der Waals surface area (Å²) in [6.45, 7) is 2.66. The van der Waals surface area contributed by atoms with Crippen molar-refractivity contribution in [1.29, 1.82) is 0 Å². The summed E-state index contributed by atoms with van der Waals surface area (Å²) in [5.41, 5.74) is 5.44. The Balaban J connectivity index is 2.74. The number of hydrogen-bond donors (Lipinski definition) is 1. The van der Waals surface area contributed by atoms with E-state index < -0.39 is 0 Å². The number of halogens is 1. The maximum Gasteiger partial charge on any atom is 0.169 e. The van der Waals surface area contributed by atoms with Gasteiger partial charge >= 0.3 is 0 Å². The van der Waals surface area contributed by atoms with Crippen molar-refractivity contribution in [3.63, 3.8) is 0 Å². The summed E-state index contributed by atoms with van der Waals surface area (Å²) in [4.78, 5) is 0. The van der Waals surface area contributed by atoms with Crippen LogP contribution < -0.4 is 5.73 Å². The molecular formula is C7H10BrNO. The molecule has 0 spiro atoms. The van der Waals surface area contributed by atoms with Gasteiger partial charge in [-0.05, 0) is 28.1 Å². The minimum Gasteiger partial charge on any atom is -0.454 e. The largest absolute Gasteiger partial charge is 0.454 e. The van der Waals surface area contributed by atoms with Gasteiger partial charge in [0.2, 0.25) is 0 Å². The number of hydrogen-bond acceptors (Lipinski definition) is 2. The first-order chi connectivity index (χ1) is 4.74. The quantitative estimate of drug-likeness (QED) is 0.801. The van der Waals surface area contributed by atoms with Crippen molar-refractivity contribution in [3.8, 4) is 0 Å². The zero-order chi connectivity index (χ0) is 7.56. The van der Waals surface area contributed by atoms with Crippen LogP contribution in [0, 0.1) is 0 Å². The molecule has 10 heavy (non-hydrogen) atoms. The molecule has 1 aromatic heterocycles. The molecule has 0 saturated carbocycles. The maximum absolute atomic E-state index is 5.44. The SMILES string of the molecule is CC(CN)c1ccc(Br)o1. The van der Waals surface area contributed by atoms with Crippen LogP contribution in [0.1, 0.15) is 18.6 Å². The Morgan fingerprint density at radius 3 is 2.80 bits per heavy atom. The Bertz CT molecular complexity index is 209. The van der Waals surface area contributed by atoms with Gasteiger partial charge < -0.3 is 10.2 Å². The van der Waals surface area contributed by atoms with Gasteiger partial charge in [-0.25, -0.2) is 0 Å². The van der Waals surface area contributed by atoms with Crippen LogP contribution in [0.25, 0.3) is 0 Å². The van der Waals surface area contributed by atoms with E-state index in [-0.39, 0.29) is 0 Å². The molecule has 0 radical (unpaired) electrons. The first-order valence-corrected chi connectivity index (χ1v) is 3.98. The lowest BCUT2D eigenvalue weighted by Crippen LogP contribution is -2.07. The van der Waals surface area contributed by atoms with Crippen LogP contribution in [0.15, 0.2) is 21.2 Å². The van der Waals surface area contributed by atoms with E-state index in [1.54, 1.807) is 0 Å². The van der Waals surface area contributed by atoms with E-state index in [0.29, 0.717) is 12.5 Å². The normalized spacial score (nSPS) is 13.5. The Labute approximate surface area is 68.5 Å². The third kappa shape index (κ3) is 1.61. The second-order valence-electron chi connectivity index (χ2n) is 2.28. The molecule has 0 aliphatic carbocycles. The van der Waals surface area contributed by atoms with Crippen LogP contribution in [-0.4, -0.2) is 6.54 Å². The van der Waals surface area contributed by atoms with Crippen LogP contribution in [0.3, 0.4) is 0 Å². The monoisotopic (exact) mass is 203 g/mol. The average Bonchev–Trinajstić information content (AvgIpc) is 2.34. The fourth-order valence-corrected chi connectivity index (χ4v) is 1.03. The molecule has 1 aromatic rings. The Morgan fingerprint density at radius 1 is 1.70 bits per heavy atom. The topological polar surface area (TPSA) is 39.2 Å². The van der Waals surface area contributed by atoms with E-state index in [4.69, 9.17) is 10.2 Å². The third-order valence-electron chi connectivity index (χ3n) is 1.43. The van der Waals surface area contributed by atoms with Gasteiger partial charge in [-0.3, -0.25) is 0 Å². The minimum atomic E-state index is 0.311. The van der Waals surface area contributed by atoms with Crippen molar-refractivity contribution in [1.82, 2.24) is 0 Å². The smallest absolute Gasteiger partial charge is 0.169 e. The molecule has 56 valence electrons. The van der Waals surface area contributed by atoms with E-state index in [2.05, 4.69) is 15.9 Å². The van der Waals surface area contributed by atoms with E-state index >= 15 is 0 Å². The van der Waals surface area contributed by atoms with Gasteiger partial charge in [0.05, 0.1) is 0 Å². The van der Waals surface area contributed by atoms with Crippen LogP contribution in [0.4, 0.5) is 0 Å². The summed E-state index contributed by atoms with van der Waals surface area (Å²) in [6.07, 6.45) is 0. The first kappa shape index (κ1) is 7.82. The van der Waals surface area contributed by atoms with Gasteiger partial charge in [-0.2, -0.15) is 0 Å². The molecule has 1 atom stereocenters. The standard InChI is InChI=1S/C7H10BrNO/c1-5(4-9)6-2-3-7(8)10-6/h2-3,5H,4,9H2,1H3. The molecule has 0 aliphatic rings. The Kier molecular flexibility index (Phi) is 2.51. The fourth-order valence-electron chi connectivity index (χ4n) is 0.709. The Morgan fingerprint density at radius 2 is 2.40 bits per heavy atom. The highest BCUT2D eigenvalue weighted by molar-refractivity contribution is 9.10. The van der Waals surface area contributed by atoms with Crippen molar-refractivity contribution in [2.24, 2.45) is 5.73 Å². The molecule has 1 heterocycles. The zero-order valence-corrected chi connectivity index (χ0v) is 7.39. The predicted molar refractivity (Wildman–Crippen MR) is 43.9 cm³/mol. The Hall–Kier alpha value is -0.280. The van der Waals surface area contributed by atoms with Gasteiger partial charge in [-0.15, -0.1) is 0 Å². The molecule has 0 saturated heterocycles. The van der Waals surface area contributed by atoms with Crippen LogP contribution >= 0.6 is 15.9 Å². The van der Waals surface area contributed by atoms with Crippen molar-refractivity contribution in [2.45, 2.75) is 12.8 Å². The summed E-state index contributed by atoms with van der Waals surface area (Å²) in [6, 6.07) is 3.81. The number of rotatable bonds is 2. The highest BCUT2D eigenvalue weighted by Gasteiger charge is 2.06. The molecule has 3 heteroatoms. The van der Waals surface area contributed by atoms with E-state index in [0.717, 1.165) is 10.4 Å². The molecular weight excluding hydrogens is 194 g/mol. The molecule has 2 N–H and O–H groups in total. The average molecular weight is 204 g/mol. The molecule has 2 nitrogen and oxygen atoms in total. The van der Waals surface area contributed by atoms with Gasteiger partial charge in [0, 0.05) is 12.5 Å². The summed E-state index contributed by atoms with van der Waals surface area (Å²) < 4.78 is 6.04. The predicted octanol–water partition coefficient (Wildman–Crippen LogP) is 2.10. The summed E-state index contributed by atoms with van der Waals surface area (Å²) in [5, 5.41) is 0. The highest BCUT2D eigenvalue weighted by atomic mass is 79.9. The van der Waals surface area contributed by atoms with Crippen LogP contribution in [-0.2, 0) is 0 Å². The second kappa shape index (κ2) is 3.21. The van der Waals surface area contributed by atoms with Crippen LogP contribution in [0.5, 0.6) is 0 Å². The summed E-state index contributed by atoms with van der Waals surface area (Å²) in [5.74, 6) is 1.25. The zero-order valence-electron chi connectivity index (χ0n) is 5.80. The molecule has 0 amide bonds. The van der Waals surface area contributed by atoms with E-state index in [1.807, 2.05) is 19.1 Å². The van der Waals surface area contributed by atoms with E-state index in [1.165, 1.54) is 0 Å². The molecule has 0 fully saturated rings. The fraction of sp³-hybridized carbons (Fsp3) is 0.429. The van der Waals surface area contributed by atoms with Crippen molar-refractivity contribution in [3.05, 3.63) is 22.6 Å². The van der Waals surface area contributed by atoms with Crippen molar-refractivity contribution < 1.29 is 4.42 Å². The van der Waals surface area contributed by atoms with Gasteiger partial charge in [0.25, 0.3) is 0 Å². The maximum atomic E-state index is 5.44. The molecule has 0 bridgehead atoms. The molecule has 1 unspecified atom stereocenters. The molecule has 0 aliphatic heterocycles. The lowest BCUT2D eigenvalue weighted by atomic mass is 10.1. The van der Waals surface area contributed by atoms with Crippen LogP contribution in [0.2, 0.25) is 0 Å². The first-order valence-electron chi connectivity index (χ1n) is 3.19. The van der Waals surface area contributed by atoms with Gasteiger partial charge in [-0.1, -0.05) is 6.92 Å². The lowest BCUT2D eigenvalue weighted by molar-refractivity contribution is 0.459. The van der Waals surface area contributed by atoms with Crippen molar-refractivity contribution >= 4 is 15.9 Å².